The molecule has 0 fully saturated rings. The molecule has 0 aliphatic heterocycles. The molecule has 0 bridgehead atoms. The van der Waals surface area contributed by atoms with Crippen molar-refractivity contribution in [1.82, 2.24) is 9.97 Å². The van der Waals surface area contributed by atoms with Crippen LogP contribution in [0.4, 0.5) is 10.7 Å². The van der Waals surface area contributed by atoms with Gasteiger partial charge in [-0.2, -0.15) is 0 Å². The predicted molar refractivity (Wildman–Crippen MR) is 83.6 cm³/mol. The molecule has 1 aromatic heterocycles. The van der Waals surface area contributed by atoms with Crippen LogP contribution in [0.1, 0.15) is 18.9 Å². The lowest BCUT2D eigenvalue weighted by Crippen LogP contribution is -2.11. The second kappa shape index (κ2) is 7.33. The van der Waals surface area contributed by atoms with E-state index in [1.54, 1.807) is 0 Å². The van der Waals surface area contributed by atoms with Crippen LogP contribution in [0.5, 0.6) is 0 Å². The highest BCUT2D eigenvalue weighted by atomic mass is 16.5. The zero-order chi connectivity index (χ0) is 15.9. The molecule has 8 heteroatoms. The number of H-pyrrole nitrogens is 1. The molecule has 2 N–H and O–H groups in total. The minimum Gasteiger partial charge on any atom is -0.453 e. The van der Waals surface area contributed by atoms with Crippen LogP contribution in [0.2, 0.25) is 0 Å². The van der Waals surface area contributed by atoms with Crippen molar-refractivity contribution in [3.63, 3.8) is 0 Å². The Morgan fingerprint density at radius 1 is 1.59 bits per heavy atom. The van der Waals surface area contributed by atoms with Crippen molar-refractivity contribution in [1.29, 1.82) is 0 Å². The Labute approximate surface area is 127 Å². The Morgan fingerprint density at radius 3 is 3.14 bits per heavy atom. The third-order valence-corrected chi connectivity index (χ3v) is 3.32. The molecule has 1 unspecified atom stereocenters. The van der Waals surface area contributed by atoms with E-state index in [9.17, 15) is 4.79 Å². The Balaban J connectivity index is 2.06. The number of rotatable bonds is 6. The molecule has 1 aromatic carbocycles. The van der Waals surface area contributed by atoms with E-state index in [1.165, 1.54) is 7.11 Å². The van der Waals surface area contributed by atoms with Crippen LogP contribution in [0, 0.1) is 5.92 Å². The van der Waals surface area contributed by atoms with Crippen molar-refractivity contribution in [3.8, 4) is 0 Å². The molecule has 0 saturated heterocycles. The number of anilines is 1. The Bertz CT molecular complexity index is 704. The molecule has 0 aliphatic rings. The lowest BCUT2D eigenvalue weighted by molar-refractivity contribution is 0.186. The highest BCUT2D eigenvalue weighted by Gasteiger charge is 2.08. The number of methoxy groups -OCH3 is 1. The molecule has 1 atom stereocenters. The summed E-state index contributed by atoms with van der Waals surface area (Å²) in [6, 6.07) is 5.92. The number of nitrogens with one attached hydrogen (secondary N) is 2. The van der Waals surface area contributed by atoms with Crippen molar-refractivity contribution in [2.24, 2.45) is 11.0 Å². The lowest BCUT2D eigenvalue weighted by atomic mass is 9.98. The monoisotopic (exact) mass is 302 g/mol. The first-order valence-electron chi connectivity index (χ1n) is 6.97. The van der Waals surface area contributed by atoms with Gasteiger partial charge in [-0.1, -0.05) is 18.1 Å². The van der Waals surface area contributed by atoms with Crippen molar-refractivity contribution < 1.29 is 9.53 Å². The summed E-state index contributed by atoms with van der Waals surface area (Å²) < 4.78 is 4.53. The fourth-order valence-corrected chi connectivity index (χ4v) is 2.22. The van der Waals surface area contributed by atoms with Gasteiger partial charge < -0.3 is 9.72 Å². The van der Waals surface area contributed by atoms with Gasteiger partial charge in [-0.15, -0.1) is 0 Å². The smallest absolute Gasteiger partial charge is 0.413 e. The van der Waals surface area contributed by atoms with Crippen LogP contribution in [-0.4, -0.2) is 29.7 Å². The molecular weight excluding hydrogens is 284 g/mol. The van der Waals surface area contributed by atoms with Gasteiger partial charge in [0, 0.05) is 11.5 Å². The second-order valence-electron chi connectivity index (χ2n) is 5.11. The molecule has 0 aliphatic carbocycles. The number of hydrogen-bond acceptors (Lipinski definition) is 4. The zero-order valence-corrected chi connectivity index (χ0v) is 12.5. The van der Waals surface area contributed by atoms with E-state index in [2.05, 4.69) is 37.0 Å². The summed E-state index contributed by atoms with van der Waals surface area (Å²) >= 11 is 0. The summed E-state index contributed by atoms with van der Waals surface area (Å²) in [4.78, 5) is 21.2. The van der Waals surface area contributed by atoms with Crippen molar-refractivity contribution in [2.75, 3.05) is 19.0 Å². The Hall–Kier alpha value is -2.73. The predicted octanol–water partition coefficient (Wildman–Crippen LogP) is 3.62. The Kier molecular flexibility index (Phi) is 5.21. The van der Waals surface area contributed by atoms with Crippen LogP contribution in [0.25, 0.3) is 21.5 Å². The minimum absolute atomic E-state index is 0.357. The van der Waals surface area contributed by atoms with E-state index in [0.29, 0.717) is 18.4 Å². The van der Waals surface area contributed by atoms with Gasteiger partial charge in [0.15, 0.2) is 0 Å². The molecule has 1 amide bonds. The number of carbonyl (C=O) groups excluding carboxylic acids is 1. The largest absolute Gasteiger partial charge is 0.453 e. The molecule has 22 heavy (non-hydrogen) atoms. The average Bonchev–Trinajstić information content (AvgIpc) is 2.88. The van der Waals surface area contributed by atoms with Crippen molar-refractivity contribution in [2.45, 2.75) is 19.8 Å². The summed E-state index contributed by atoms with van der Waals surface area (Å²) in [5.41, 5.74) is 11.1. The molecule has 2 aromatic rings. The minimum atomic E-state index is -0.564. The summed E-state index contributed by atoms with van der Waals surface area (Å²) in [7, 11) is 1.30. The van der Waals surface area contributed by atoms with Gasteiger partial charge in [-0.3, -0.25) is 5.32 Å². The number of aromatic amines is 1. The number of ether oxygens (including phenoxy) is 1. The van der Waals surface area contributed by atoms with Crippen molar-refractivity contribution in [3.05, 3.63) is 34.2 Å². The maximum Gasteiger partial charge on any atom is 0.413 e. The quantitative estimate of drug-likeness (QED) is 0.482. The number of aromatic nitrogens is 2. The van der Waals surface area contributed by atoms with E-state index in [0.717, 1.165) is 29.4 Å². The number of fused-ring (bicyclic) bond motifs is 1. The molecule has 0 radical (unpaired) electrons. The van der Waals surface area contributed by atoms with Crippen LogP contribution >= 0.6 is 0 Å². The zero-order valence-electron chi connectivity index (χ0n) is 12.5. The van der Waals surface area contributed by atoms with Gasteiger partial charge >= 0.3 is 6.09 Å². The average molecular weight is 302 g/mol. The number of amides is 1. The summed E-state index contributed by atoms with van der Waals surface area (Å²) in [6.07, 6.45) is 1.17. The fraction of sp³-hybridized carbons (Fsp3) is 0.429. The lowest BCUT2D eigenvalue weighted by Gasteiger charge is -2.09. The highest BCUT2D eigenvalue weighted by molar-refractivity contribution is 5.86. The van der Waals surface area contributed by atoms with Gasteiger partial charge in [0.05, 0.1) is 18.1 Å². The first-order chi connectivity index (χ1) is 10.6. The van der Waals surface area contributed by atoms with Gasteiger partial charge in [-0.25, -0.2) is 9.78 Å². The van der Waals surface area contributed by atoms with Crippen LogP contribution in [0.15, 0.2) is 23.3 Å². The molecular formula is C14H18N6O2. The number of azide groups is 1. The molecule has 0 spiro atoms. The molecule has 8 nitrogen and oxygen atoms in total. The van der Waals surface area contributed by atoms with Gasteiger partial charge in [-0.05, 0) is 42.0 Å². The SMILES string of the molecule is COC(=O)Nc1nc2ccc(CC(C)CCN=[N+]=[N-])cc2[nH]1. The van der Waals surface area contributed by atoms with Gasteiger partial charge in [0.25, 0.3) is 0 Å². The van der Waals surface area contributed by atoms with E-state index < -0.39 is 6.09 Å². The Morgan fingerprint density at radius 2 is 2.41 bits per heavy atom. The number of imidazole rings is 1. The van der Waals surface area contributed by atoms with Crippen LogP contribution in [0.3, 0.4) is 0 Å². The molecule has 1 heterocycles. The van der Waals surface area contributed by atoms with E-state index in [-0.39, 0.29) is 0 Å². The maximum absolute atomic E-state index is 11.2. The van der Waals surface area contributed by atoms with E-state index >= 15 is 0 Å². The summed E-state index contributed by atoms with van der Waals surface area (Å²) in [6.45, 7) is 2.63. The van der Waals surface area contributed by atoms with E-state index in [1.807, 2.05) is 18.2 Å². The van der Waals surface area contributed by atoms with E-state index in [4.69, 9.17) is 5.53 Å². The normalized spacial score (nSPS) is 11.7. The number of carbonyl (C=O) groups is 1. The number of nitrogens with zero attached hydrogens (tertiary/aromatic N) is 4. The third-order valence-electron chi connectivity index (χ3n) is 3.32. The summed E-state index contributed by atoms with van der Waals surface area (Å²) in [5.74, 6) is 0.772. The number of benzene rings is 1. The highest BCUT2D eigenvalue weighted by Crippen LogP contribution is 2.19. The summed E-state index contributed by atoms with van der Waals surface area (Å²) in [5, 5.41) is 6.06. The number of hydrogen-bond donors (Lipinski definition) is 2. The van der Waals surface area contributed by atoms with Crippen LogP contribution < -0.4 is 5.32 Å². The maximum atomic E-state index is 11.2. The van der Waals surface area contributed by atoms with Gasteiger partial charge in [0.2, 0.25) is 5.95 Å². The first-order valence-corrected chi connectivity index (χ1v) is 6.97. The standard InChI is InChI=1S/C14H18N6O2/c1-9(5-6-16-20-15)7-10-3-4-11-12(8-10)18-13(17-11)19-14(21)22-2/h3-4,8-9H,5-7H2,1-2H3,(H2,17,18,19,21). The first kappa shape index (κ1) is 15.7. The van der Waals surface area contributed by atoms with Crippen LogP contribution in [-0.2, 0) is 11.2 Å². The van der Waals surface area contributed by atoms with Crippen molar-refractivity contribution >= 4 is 23.1 Å². The fourth-order valence-electron chi connectivity index (χ4n) is 2.22. The van der Waals surface area contributed by atoms with Gasteiger partial charge in [0.1, 0.15) is 0 Å². The topological polar surface area (TPSA) is 116 Å². The molecule has 2 rings (SSSR count). The molecule has 116 valence electrons. The third kappa shape index (κ3) is 4.13. The second-order valence-corrected chi connectivity index (χ2v) is 5.11. The molecule has 0 saturated carbocycles.